The van der Waals surface area contributed by atoms with Crippen LogP contribution in [-0.4, -0.2) is 70.5 Å². The molecule has 1 aliphatic rings. The largest absolute Gasteiger partial charge is 0.462 e. The standard InChI is InChI=1S/C15H23O7P/c1-20-9-23(19)8-7-11-12(16)13(17)14(18)15(22-11)21-10-5-3-2-4-6-10/h2-6,11-19H,7-9H2,1H3/t11?,12-,13?,14?,15+,23?/m1/s1. The molecule has 7 nitrogen and oxygen atoms in total. The number of aliphatic hydroxyl groups is 3. The fourth-order valence-corrected chi connectivity index (χ4v) is 3.36. The molecule has 1 aromatic rings. The third kappa shape index (κ3) is 5.09. The van der Waals surface area contributed by atoms with Gasteiger partial charge in [-0.05, 0) is 24.7 Å². The zero-order chi connectivity index (χ0) is 16.8. The first-order valence-corrected chi connectivity index (χ1v) is 9.03. The average Bonchev–Trinajstić information content (AvgIpc) is 2.55. The molecule has 1 aromatic carbocycles. The van der Waals surface area contributed by atoms with E-state index in [1.165, 1.54) is 7.11 Å². The van der Waals surface area contributed by atoms with E-state index < -0.39 is 38.9 Å². The van der Waals surface area contributed by atoms with Gasteiger partial charge in [-0.25, -0.2) is 0 Å². The van der Waals surface area contributed by atoms with Gasteiger partial charge in [0.05, 0.1) is 20.6 Å². The molecule has 0 bridgehead atoms. The lowest BCUT2D eigenvalue weighted by Gasteiger charge is -2.40. The number of para-hydroxylation sites is 1. The lowest BCUT2D eigenvalue weighted by molar-refractivity contribution is -0.272. The van der Waals surface area contributed by atoms with Gasteiger partial charge in [-0.1, -0.05) is 18.2 Å². The summed E-state index contributed by atoms with van der Waals surface area (Å²) in [4.78, 5) is 9.74. The highest BCUT2D eigenvalue weighted by atomic mass is 31.1. The summed E-state index contributed by atoms with van der Waals surface area (Å²) in [6, 6.07) is 8.78. The Morgan fingerprint density at radius 3 is 2.43 bits per heavy atom. The van der Waals surface area contributed by atoms with Crippen LogP contribution in [-0.2, 0) is 9.47 Å². The van der Waals surface area contributed by atoms with Gasteiger partial charge >= 0.3 is 0 Å². The first-order valence-electron chi connectivity index (χ1n) is 7.37. The minimum absolute atomic E-state index is 0.243. The molecule has 23 heavy (non-hydrogen) atoms. The zero-order valence-electron chi connectivity index (χ0n) is 12.9. The number of methoxy groups -OCH3 is 1. The quantitative estimate of drug-likeness (QED) is 0.524. The molecule has 4 N–H and O–H groups in total. The molecule has 1 heterocycles. The molecule has 8 heteroatoms. The Morgan fingerprint density at radius 1 is 1.09 bits per heavy atom. The fraction of sp³-hybridized carbons (Fsp3) is 0.600. The maximum absolute atomic E-state index is 10.0. The van der Waals surface area contributed by atoms with Crippen molar-refractivity contribution in [2.75, 3.05) is 19.6 Å². The number of rotatable bonds is 7. The van der Waals surface area contributed by atoms with Crippen molar-refractivity contribution >= 4 is 8.15 Å². The summed E-state index contributed by atoms with van der Waals surface area (Å²) >= 11 is 0. The Balaban J connectivity index is 1.97. The zero-order valence-corrected chi connectivity index (χ0v) is 13.8. The molecule has 1 saturated heterocycles. The monoisotopic (exact) mass is 346 g/mol. The Hall–Kier alpha value is -0.790. The lowest BCUT2D eigenvalue weighted by Crippen LogP contribution is -2.59. The average molecular weight is 346 g/mol. The summed E-state index contributed by atoms with van der Waals surface area (Å²) in [5.41, 5.74) is 0. The van der Waals surface area contributed by atoms with Crippen molar-refractivity contribution in [2.45, 2.75) is 37.1 Å². The van der Waals surface area contributed by atoms with Crippen molar-refractivity contribution in [3.8, 4) is 5.75 Å². The van der Waals surface area contributed by atoms with E-state index in [1.807, 2.05) is 6.07 Å². The molecule has 0 saturated carbocycles. The maximum Gasteiger partial charge on any atom is 0.229 e. The second-order valence-electron chi connectivity index (χ2n) is 5.38. The van der Waals surface area contributed by atoms with Crippen molar-refractivity contribution in [3.05, 3.63) is 30.3 Å². The van der Waals surface area contributed by atoms with Gasteiger partial charge in [0, 0.05) is 7.11 Å². The SMILES string of the molecule is COCP(O)CCC1O[C@H](Oc2ccccc2)C(O)C(O)[C@@H]1O. The Bertz CT molecular complexity index is 460. The number of ether oxygens (including phenoxy) is 3. The van der Waals surface area contributed by atoms with E-state index in [4.69, 9.17) is 14.2 Å². The van der Waals surface area contributed by atoms with Crippen molar-refractivity contribution in [1.82, 2.24) is 0 Å². The predicted octanol–water partition coefficient (Wildman–Crippen LogP) is 0.256. The molecule has 1 aliphatic heterocycles. The van der Waals surface area contributed by atoms with Crippen molar-refractivity contribution in [2.24, 2.45) is 0 Å². The van der Waals surface area contributed by atoms with Gasteiger partial charge in [-0.3, -0.25) is 0 Å². The first kappa shape index (κ1) is 18.5. The molecule has 0 aliphatic carbocycles. The van der Waals surface area contributed by atoms with E-state index in [2.05, 4.69) is 0 Å². The van der Waals surface area contributed by atoms with Crippen molar-refractivity contribution in [3.63, 3.8) is 0 Å². The molecule has 0 amide bonds. The van der Waals surface area contributed by atoms with Gasteiger partial charge in [0.15, 0.2) is 0 Å². The van der Waals surface area contributed by atoms with Crippen LogP contribution in [0.5, 0.6) is 5.75 Å². The smallest absolute Gasteiger partial charge is 0.229 e. The van der Waals surface area contributed by atoms with E-state index in [0.717, 1.165) is 0 Å². The van der Waals surface area contributed by atoms with Gasteiger partial charge in [0.25, 0.3) is 0 Å². The van der Waals surface area contributed by atoms with Crippen molar-refractivity contribution < 1.29 is 34.4 Å². The molecule has 130 valence electrons. The van der Waals surface area contributed by atoms with Crippen LogP contribution in [0, 0.1) is 0 Å². The van der Waals surface area contributed by atoms with E-state index in [1.54, 1.807) is 24.3 Å². The van der Waals surface area contributed by atoms with Gasteiger partial charge in [0.1, 0.15) is 24.1 Å². The predicted molar refractivity (Wildman–Crippen MR) is 84.3 cm³/mol. The highest BCUT2D eigenvalue weighted by Gasteiger charge is 2.44. The van der Waals surface area contributed by atoms with E-state index in [0.29, 0.717) is 18.3 Å². The molecular formula is C15H23O7P. The maximum atomic E-state index is 10.0. The summed E-state index contributed by atoms with van der Waals surface area (Å²) < 4.78 is 16.0. The first-order chi connectivity index (χ1) is 11.0. The van der Waals surface area contributed by atoms with Gasteiger partial charge in [0.2, 0.25) is 6.29 Å². The normalized spacial score (nSPS) is 32.5. The minimum atomic E-state index is -1.38. The second-order valence-corrected chi connectivity index (χ2v) is 7.10. The highest BCUT2D eigenvalue weighted by molar-refractivity contribution is 7.51. The minimum Gasteiger partial charge on any atom is -0.462 e. The molecule has 0 spiro atoms. The molecule has 0 radical (unpaired) electrons. The van der Waals surface area contributed by atoms with Crippen LogP contribution < -0.4 is 4.74 Å². The fourth-order valence-electron chi connectivity index (χ4n) is 2.38. The molecular weight excluding hydrogens is 323 g/mol. The summed E-state index contributed by atoms with van der Waals surface area (Å²) in [6.07, 6.45) is -4.86. The second kappa shape index (κ2) is 8.89. The van der Waals surface area contributed by atoms with Gasteiger partial charge in [-0.2, -0.15) is 0 Å². The summed E-state index contributed by atoms with van der Waals surface area (Å²) in [6.45, 7) is 0. The molecule has 0 aromatic heterocycles. The third-order valence-corrected chi connectivity index (χ3v) is 4.94. The number of aliphatic hydroxyl groups excluding tert-OH is 3. The van der Waals surface area contributed by atoms with Crippen LogP contribution >= 0.6 is 8.15 Å². The van der Waals surface area contributed by atoms with Gasteiger partial charge < -0.3 is 34.4 Å². The topological polar surface area (TPSA) is 109 Å². The lowest BCUT2D eigenvalue weighted by atomic mass is 9.97. The number of hydrogen-bond donors (Lipinski definition) is 4. The van der Waals surface area contributed by atoms with Crippen LogP contribution in [0.1, 0.15) is 6.42 Å². The Morgan fingerprint density at radius 2 is 1.78 bits per heavy atom. The van der Waals surface area contributed by atoms with Crippen LogP contribution in [0.2, 0.25) is 0 Å². The summed E-state index contributed by atoms with van der Waals surface area (Å²) in [5.74, 6) is 0.489. The van der Waals surface area contributed by atoms with Crippen LogP contribution in [0.15, 0.2) is 30.3 Å². The summed E-state index contributed by atoms with van der Waals surface area (Å²) in [7, 11) is 0.191. The molecule has 1 fully saturated rings. The number of hydrogen-bond acceptors (Lipinski definition) is 7. The van der Waals surface area contributed by atoms with Crippen LogP contribution in [0.25, 0.3) is 0 Å². The summed E-state index contributed by atoms with van der Waals surface area (Å²) in [5, 5.41) is 30.1. The van der Waals surface area contributed by atoms with Crippen LogP contribution in [0.4, 0.5) is 0 Å². The Labute approximate surface area is 136 Å². The highest BCUT2D eigenvalue weighted by Crippen LogP contribution is 2.33. The molecule has 4 unspecified atom stereocenters. The van der Waals surface area contributed by atoms with E-state index >= 15 is 0 Å². The van der Waals surface area contributed by atoms with E-state index in [9.17, 15) is 20.2 Å². The van der Waals surface area contributed by atoms with Gasteiger partial charge in [-0.15, -0.1) is 0 Å². The van der Waals surface area contributed by atoms with Crippen LogP contribution in [0.3, 0.4) is 0 Å². The third-order valence-electron chi connectivity index (χ3n) is 3.61. The number of benzene rings is 1. The Kier molecular flexibility index (Phi) is 7.17. The molecule has 2 rings (SSSR count). The van der Waals surface area contributed by atoms with Crippen molar-refractivity contribution in [1.29, 1.82) is 0 Å². The molecule has 6 atom stereocenters. The van der Waals surface area contributed by atoms with E-state index in [-0.39, 0.29) is 6.35 Å².